The Morgan fingerprint density at radius 3 is 2.43 bits per heavy atom. The van der Waals surface area contributed by atoms with Crippen LogP contribution in [0.1, 0.15) is 27.2 Å². The number of nitrogens with one attached hydrogen (secondary N) is 2. The van der Waals surface area contributed by atoms with Crippen LogP contribution in [-0.2, 0) is 4.74 Å². The zero-order chi connectivity index (χ0) is 15.5. The van der Waals surface area contributed by atoms with Gasteiger partial charge in [0.25, 0.3) is 0 Å². The van der Waals surface area contributed by atoms with E-state index in [2.05, 4.69) is 48.3 Å². The molecular weight excluding hydrogens is 264 g/mol. The second kappa shape index (κ2) is 11.4. The van der Waals surface area contributed by atoms with Crippen molar-refractivity contribution in [3.05, 3.63) is 0 Å². The Labute approximate surface area is 131 Å². The lowest BCUT2D eigenvalue weighted by molar-refractivity contribution is 0.0381. The van der Waals surface area contributed by atoms with Gasteiger partial charge in [-0.15, -0.1) is 0 Å². The average Bonchev–Trinajstić information content (AvgIpc) is 2.46. The zero-order valence-corrected chi connectivity index (χ0v) is 14.5. The second-order valence-corrected chi connectivity index (χ2v) is 6.51. The van der Waals surface area contributed by atoms with Crippen LogP contribution >= 0.6 is 0 Å². The van der Waals surface area contributed by atoms with Crippen LogP contribution in [-0.4, -0.2) is 88.0 Å². The fourth-order valence-electron chi connectivity index (χ4n) is 2.47. The minimum atomic E-state index is 0.583. The highest BCUT2D eigenvalue weighted by atomic mass is 16.5. The summed E-state index contributed by atoms with van der Waals surface area (Å²) in [6.45, 7) is 16.2. The molecule has 2 N–H and O–H groups in total. The summed E-state index contributed by atoms with van der Waals surface area (Å²) in [5, 5.41) is 7.10. The van der Waals surface area contributed by atoms with Crippen molar-refractivity contribution in [1.82, 2.24) is 20.4 Å². The maximum atomic E-state index is 5.37. The largest absolute Gasteiger partial charge is 0.379 e. The van der Waals surface area contributed by atoms with E-state index >= 15 is 0 Å². The highest BCUT2D eigenvalue weighted by Gasteiger charge is 2.10. The van der Waals surface area contributed by atoms with Crippen LogP contribution in [0.2, 0.25) is 0 Å². The first-order chi connectivity index (χ1) is 10.1. The van der Waals surface area contributed by atoms with Gasteiger partial charge in [0.1, 0.15) is 0 Å². The van der Waals surface area contributed by atoms with Gasteiger partial charge in [0.05, 0.1) is 13.2 Å². The highest BCUT2D eigenvalue weighted by molar-refractivity contribution is 4.68. The van der Waals surface area contributed by atoms with Gasteiger partial charge in [0.15, 0.2) is 0 Å². The Morgan fingerprint density at radius 1 is 1.05 bits per heavy atom. The number of nitrogens with zero attached hydrogens (tertiary/aromatic N) is 2. The maximum Gasteiger partial charge on any atom is 0.0594 e. The number of rotatable bonds is 11. The van der Waals surface area contributed by atoms with Crippen LogP contribution in [0.5, 0.6) is 0 Å². The lowest BCUT2D eigenvalue weighted by Crippen LogP contribution is -2.42. The molecule has 5 nitrogen and oxygen atoms in total. The Bertz CT molecular complexity index is 244. The molecule has 1 atom stereocenters. The number of ether oxygens (including phenoxy) is 1. The average molecular weight is 300 g/mol. The summed E-state index contributed by atoms with van der Waals surface area (Å²) in [6.07, 6.45) is 1.21. The van der Waals surface area contributed by atoms with Crippen LogP contribution in [0, 0.1) is 0 Å². The SMILES string of the molecule is CC(C)NCCN(C)CCC(C)NCCN1CCOCC1. The molecule has 0 radical (unpaired) electrons. The topological polar surface area (TPSA) is 39.8 Å². The first-order valence-electron chi connectivity index (χ1n) is 8.53. The number of hydrogen-bond acceptors (Lipinski definition) is 5. The molecule has 1 heterocycles. The van der Waals surface area contributed by atoms with Crippen LogP contribution in [0.25, 0.3) is 0 Å². The van der Waals surface area contributed by atoms with Crippen molar-refractivity contribution in [2.75, 3.05) is 66.1 Å². The standard InChI is InChI=1S/C16H36N4O/c1-15(2)17-6-9-19(4)8-5-16(3)18-7-10-20-11-13-21-14-12-20/h15-18H,5-14H2,1-4H3. The lowest BCUT2D eigenvalue weighted by atomic mass is 10.2. The third-order valence-electron chi connectivity index (χ3n) is 4.01. The Balaban J connectivity index is 1.95. The van der Waals surface area contributed by atoms with Crippen LogP contribution in [0.4, 0.5) is 0 Å². The summed E-state index contributed by atoms with van der Waals surface area (Å²) in [4.78, 5) is 4.89. The fourth-order valence-corrected chi connectivity index (χ4v) is 2.47. The van der Waals surface area contributed by atoms with Gasteiger partial charge in [0, 0.05) is 51.4 Å². The molecule has 126 valence electrons. The van der Waals surface area contributed by atoms with Crippen molar-refractivity contribution in [2.45, 2.75) is 39.3 Å². The molecule has 0 aromatic heterocycles. The van der Waals surface area contributed by atoms with Crippen molar-refractivity contribution < 1.29 is 4.74 Å². The van der Waals surface area contributed by atoms with E-state index in [9.17, 15) is 0 Å². The third-order valence-corrected chi connectivity index (χ3v) is 4.01. The molecule has 0 spiro atoms. The third kappa shape index (κ3) is 10.2. The van der Waals surface area contributed by atoms with Crippen molar-refractivity contribution >= 4 is 0 Å². The zero-order valence-electron chi connectivity index (χ0n) is 14.5. The van der Waals surface area contributed by atoms with Gasteiger partial charge in [0.2, 0.25) is 0 Å². The van der Waals surface area contributed by atoms with E-state index in [1.165, 1.54) is 6.42 Å². The molecule has 1 aliphatic rings. The monoisotopic (exact) mass is 300 g/mol. The first-order valence-corrected chi connectivity index (χ1v) is 8.53. The van der Waals surface area contributed by atoms with Crippen LogP contribution < -0.4 is 10.6 Å². The second-order valence-electron chi connectivity index (χ2n) is 6.51. The predicted octanol–water partition coefficient (Wildman–Crippen LogP) is 0.617. The van der Waals surface area contributed by atoms with Gasteiger partial charge in [-0.25, -0.2) is 0 Å². The number of morpholine rings is 1. The minimum absolute atomic E-state index is 0.583. The Hall–Kier alpha value is -0.200. The van der Waals surface area contributed by atoms with Crippen LogP contribution in [0.15, 0.2) is 0 Å². The molecular formula is C16H36N4O. The maximum absolute atomic E-state index is 5.37. The molecule has 1 rings (SSSR count). The van der Waals surface area contributed by atoms with E-state index in [4.69, 9.17) is 4.74 Å². The summed E-state index contributed by atoms with van der Waals surface area (Å²) in [7, 11) is 2.21. The van der Waals surface area contributed by atoms with E-state index < -0.39 is 0 Å². The molecule has 0 aromatic rings. The van der Waals surface area contributed by atoms with E-state index in [0.717, 1.165) is 59.0 Å². The van der Waals surface area contributed by atoms with E-state index in [-0.39, 0.29) is 0 Å². The van der Waals surface area contributed by atoms with Crippen molar-refractivity contribution in [2.24, 2.45) is 0 Å². The summed E-state index contributed by atoms with van der Waals surface area (Å²) >= 11 is 0. The summed E-state index contributed by atoms with van der Waals surface area (Å²) in [5.41, 5.74) is 0. The van der Waals surface area contributed by atoms with Gasteiger partial charge in [-0.1, -0.05) is 13.8 Å². The molecule has 1 unspecified atom stereocenters. The molecule has 0 bridgehead atoms. The van der Waals surface area contributed by atoms with Gasteiger partial charge in [-0.2, -0.15) is 0 Å². The molecule has 1 aliphatic heterocycles. The number of hydrogen-bond donors (Lipinski definition) is 2. The fraction of sp³-hybridized carbons (Fsp3) is 1.00. The molecule has 0 aromatic carbocycles. The van der Waals surface area contributed by atoms with E-state index in [0.29, 0.717) is 12.1 Å². The van der Waals surface area contributed by atoms with E-state index in [1.54, 1.807) is 0 Å². The van der Waals surface area contributed by atoms with Gasteiger partial charge < -0.3 is 20.3 Å². The molecule has 21 heavy (non-hydrogen) atoms. The van der Waals surface area contributed by atoms with E-state index in [1.807, 2.05) is 0 Å². The van der Waals surface area contributed by atoms with Crippen molar-refractivity contribution in [3.8, 4) is 0 Å². The van der Waals surface area contributed by atoms with Crippen LogP contribution in [0.3, 0.4) is 0 Å². The summed E-state index contributed by atoms with van der Waals surface area (Å²) in [6, 6.07) is 1.17. The van der Waals surface area contributed by atoms with Gasteiger partial charge in [-0.05, 0) is 26.9 Å². The van der Waals surface area contributed by atoms with Crippen molar-refractivity contribution in [3.63, 3.8) is 0 Å². The Morgan fingerprint density at radius 2 is 1.76 bits per heavy atom. The number of likely N-dealkylation sites (N-methyl/N-ethyl adjacent to an activating group) is 1. The quantitative estimate of drug-likeness (QED) is 0.585. The van der Waals surface area contributed by atoms with Gasteiger partial charge in [-0.3, -0.25) is 4.90 Å². The molecule has 0 amide bonds. The lowest BCUT2D eigenvalue weighted by Gasteiger charge is -2.27. The molecule has 0 aliphatic carbocycles. The molecule has 5 heteroatoms. The smallest absolute Gasteiger partial charge is 0.0594 e. The molecule has 0 saturated carbocycles. The summed E-state index contributed by atoms with van der Waals surface area (Å²) in [5.74, 6) is 0. The minimum Gasteiger partial charge on any atom is -0.379 e. The predicted molar refractivity (Wildman–Crippen MR) is 90.0 cm³/mol. The molecule has 1 saturated heterocycles. The van der Waals surface area contributed by atoms with Crippen molar-refractivity contribution in [1.29, 1.82) is 0 Å². The Kier molecular flexibility index (Phi) is 10.2. The van der Waals surface area contributed by atoms with Gasteiger partial charge >= 0.3 is 0 Å². The molecule has 1 fully saturated rings. The highest BCUT2D eigenvalue weighted by Crippen LogP contribution is 1.97. The normalized spacial score (nSPS) is 18.6. The summed E-state index contributed by atoms with van der Waals surface area (Å²) < 4.78 is 5.37. The first kappa shape index (κ1) is 18.8.